The molecule has 1 N–H and O–H groups in total. The first-order valence-corrected chi connectivity index (χ1v) is 11.0. The van der Waals surface area contributed by atoms with Crippen molar-refractivity contribution in [1.29, 1.82) is 0 Å². The first-order chi connectivity index (χ1) is 13.8. The number of para-hydroxylation sites is 1. The number of hydrogen-bond donors (Lipinski definition) is 1. The van der Waals surface area contributed by atoms with Gasteiger partial charge in [-0.3, -0.25) is 4.79 Å². The van der Waals surface area contributed by atoms with Gasteiger partial charge < -0.3 is 14.7 Å². The second kappa shape index (κ2) is 9.22. The number of hydrogen-bond acceptors (Lipinski definition) is 5. The van der Waals surface area contributed by atoms with Crippen LogP contribution in [0.3, 0.4) is 0 Å². The summed E-state index contributed by atoms with van der Waals surface area (Å²) in [6.07, 6.45) is 2.43. The van der Waals surface area contributed by atoms with Crippen LogP contribution < -0.4 is 4.74 Å². The van der Waals surface area contributed by atoms with Gasteiger partial charge in [-0.15, -0.1) is 11.3 Å². The van der Waals surface area contributed by atoms with Crippen LogP contribution in [0.25, 0.3) is 0 Å². The topological polar surface area (TPSA) is 62.7 Å². The summed E-state index contributed by atoms with van der Waals surface area (Å²) >= 11 is 1.49. The molecular formula is C22H29FN2O3S. The van der Waals surface area contributed by atoms with E-state index in [1.807, 2.05) is 25.7 Å². The molecular weight excluding hydrogens is 391 g/mol. The lowest BCUT2D eigenvalue weighted by Gasteiger charge is -2.25. The van der Waals surface area contributed by atoms with E-state index in [-0.39, 0.29) is 23.4 Å². The SMILES string of the molecule is Cc1nc([C@@]2(O)CCCN(C(=O)C(C)C)CC2)sc1CCOc1ccccc1F. The van der Waals surface area contributed by atoms with Crippen LogP contribution in [-0.2, 0) is 16.8 Å². The maximum atomic E-state index is 13.7. The Labute approximate surface area is 175 Å². The molecule has 0 radical (unpaired) electrons. The van der Waals surface area contributed by atoms with Crippen molar-refractivity contribution in [3.63, 3.8) is 0 Å². The smallest absolute Gasteiger partial charge is 0.225 e. The maximum Gasteiger partial charge on any atom is 0.225 e. The fourth-order valence-corrected chi connectivity index (χ4v) is 4.78. The minimum Gasteiger partial charge on any atom is -0.490 e. The Morgan fingerprint density at radius 1 is 1.34 bits per heavy atom. The van der Waals surface area contributed by atoms with Crippen molar-refractivity contribution >= 4 is 17.2 Å². The van der Waals surface area contributed by atoms with Gasteiger partial charge in [0.15, 0.2) is 11.6 Å². The number of nitrogens with zero attached hydrogens (tertiary/aromatic N) is 2. The number of amides is 1. The predicted molar refractivity (Wildman–Crippen MR) is 112 cm³/mol. The monoisotopic (exact) mass is 420 g/mol. The lowest BCUT2D eigenvalue weighted by Crippen LogP contribution is -2.36. The summed E-state index contributed by atoms with van der Waals surface area (Å²) in [5, 5.41) is 12.0. The van der Waals surface area contributed by atoms with E-state index in [2.05, 4.69) is 4.98 Å². The van der Waals surface area contributed by atoms with E-state index in [1.54, 1.807) is 18.2 Å². The van der Waals surface area contributed by atoms with Crippen molar-refractivity contribution in [1.82, 2.24) is 9.88 Å². The lowest BCUT2D eigenvalue weighted by atomic mass is 9.96. The Morgan fingerprint density at radius 3 is 2.83 bits per heavy atom. The first-order valence-electron chi connectivity index (χ1n) is 10.2. The normalized spacial score (nSPS) is 20.0. The van der Waals surface area contributed by atoms with E-state index in [9.17, 15) is 14.3 Å². The zero-order chi connectivity index (χ0) is 21.0. The van der Waals surface area contributed by atoms with Gasteiger partial charge in [0.25, 0.3) is 0 Å². The van der Waals surface area contributed by atoms with Crippen LogP contribution in [0.4, 0.5) is 4.39 Å². The van der Waals surface area contributed by atoms with Crippen LogP contribution in [-0.4, -0.2) is 40.6 Å². The minimum atomic E-state index is -1.01. The predicted octanol–water partition coefficient (Wildman–Crippen LogP) is 4.07. The molecule has 0 saturated carbocycles. The van der Waals surface area contributed by atoms with Gasteiger partial charge in [-0.2, -0.15) is 0 Å². The van der Waals surface area contributed by atoms with Gasteiger partial charge in [0.2, 0.25) is 5.91 Å². The average Bonchev–Trinajstić information content (AvgIpc) is 2.94. The van der Waals surface area contributed by atoms with Gasteiger partial charge in [0.05, 0.1) is 12.3 Å². The molecule has 5 nitrogen and oxygen atoms in total. The summed E-state index contributed by atoms with van der Waals surface area (Å²) in [4.78, 5) is 19.8. The van der Waals surface area contributed by atoms with E-state index in [4.69, 9.17) is 4.74 Å². The number of benzene rings is 1. The molecule has 158 valence electrons. The third-order valence-corrected chi connectivity index (χ3v) is 6.74. The summed E-state index contributed by atoms with van der Waals surface area (Å²) in [6.45, 7) is 7.29. The quantitative estimate of drug-likeness (QED) is 0.765. The fraction of sp³-hybridized carbons (Fsp3) is 0.545. The standard InChI is InChI=1S/C22H29FN2O3S/c1-15(2)20(26)25-12-6-10-22(27,11-13-25)21-24-16(3)19(29-21)9-14-28-18-8-5-4-7-17(18)23/h4-5,7-8,15,27H,6,9-14H2,1-3H3/t22-/m1/s1. The Hall–Kier alpha value is -1.99. The largest absolute Gasteiger partial charge is 0.490 e. The average molecular weight is 421 g/mol. The number of halogens is 1. The molecule has 0 aliphatic carbocycles. The Balaban J connectivity index is 1.64. The summed E-state index contributed by atoms with van der Waals surface area (Å²) < 4.78 is 19.2. The molecule has 1 aromatic heterocycles. The van der Waals surface area contributed by atoms with Crippen LogP contribution in [0, 0.1) is 18.7 Å². The molecule has 1 aliphatic rings. The van der Waals surface area contributed by atoms with E-state index in [1.165, 1.54) is 17.4 Å². The molecule has 2 aromatic rings. The molecule has 1 saturated heterocycles. The lowest BCUT2D eigenvalue weighted by molar-refractivity contribution is -0.134. The number of aliphatic hydroxyl groups is 1. The van der Waals surface area contributed by atoms with Crippen LogP contribution >= 0.6 is 11.3 Å². The molecule has 0 bridgehead atoms. The fourth-order valence-electron chi connectivity index (χ4n) is 3.59. The molecule has 2 heterocycles. The van der Waals surface area contributed by atoms with Gasteiger partial charge in [0.1, 0.15) is 10.6 Å². The Kier molecular flexibility index (Phi) is 6.90. The molecule has 1 atom stereocenters. The van der Waals surface area contributed by atoms with Crippen LogP contribution in [0.5, 0.6) is 5.75 Å². The number of aromatic nitrogens is 1. The van der Waals surface area contributed by atoms with E-state index in [0.29, 0.717) is 44.0 Å². The molecule has 7 heteroatoms. The third-order valence-electron chi connectivity index (χ3n) is 5.33. The molecule has 1 aromatic carbocycles. The van der Waals surface area contributed by atoms with Gasteiger partial charge >= 0.3 is 0 Å². The highest BCUT2D eigenvalue weighted by Gasteiger charge is 2.36. The van der Waals surface area contributed by atoms with Crippen LogP contribution in [0.2, 0.25) is 0 Å². The van der Waals surface area contributed by atoms with Gasteiger partial charge in [-0.1, -0.05) is 26.0 Å². The summed E-state index contributed by atoms with van der Waals surface area (Å²) in [5.74, 6) is -0.0328. The van der Waals surface area contributed by atoms with Crippen molar-refractivity contribution < 1.29 is 19.0 Å². The van der Waals surface area contributed by atoms with Crippen molar-refractivity contribution in [2.45, 2.75) is 52.1 Å². The zero-order valence-electron chi connectivity index (χ0n) is 17.3. The second-order valence-corrected chi connectivity index (χ2v) is 9.01. The summed E-state index contributed by atoms with van der Waals surface area (Å²) in [7, 11) is 0. The number of aryl methyl sites for hydroxylation is 1. The number of rotatable bonds is 6. The number of carbonyl (C=O) groups is 1. The number of likely N-dealkylation sites (tertiary alicyclic amines) is 1. The van der Waals surface area contributed by atoms with E-state index in [0.717, 1.165) is 17.0 Å². The number of carbonyl (C=O) groups excluding carboxylic acids is 1. The minimum absolute atomic E-state index is 0.0376. The maximum absolute atomic E-state index is 13.7. The number of ether oxygens (including phenoxy) is 1. The molecule has 1 fully saturated rings. The summed E-state index contributed by atoms with van der Waals surface area (Å²) in [5.41, 5.74) is -0.138. The second-order valence-electron chi connectivity index (χ2n) is 7.92. The molecule has 29 heavy (non-hydrogen) atoms. The molecule has 0 unspecified atom stereocenters. The third kappa shape index (κ3) is 5.14. The number of thiazole rings is 1. The zero-order valence-corrected chi connectivity index (χ0v) is 18.1. The molecule has 1 aliphatic heterocycles. The van der Waals surface area contributed by atoms with Gasteiger partial charge in [-0.05, 0) is 31.9 Å². The van der Waals surface area contributed by atoms with E-state index < -0.39 is 5.60 Å². The molecule has 1 amide bonds. The highest BCUT2D eigenvalue weighted by molar-refractivity contribution is 7.11. The molecule has 0 spiro atoms. The van der Waals surface area contributed by atoms with Gasteiger partial charge in [0, 0.05) is 36.7 Å². The highest BCUT2D eigenvalue weighted by Crippen LogP contribution is 2.37. The van der Waals surface area contributed by atoms with Gasteiger partial charge in [-0.25, -0.2) is 9.37 Å². The van der Waals surface area contributed by atoms with Crippen molar-refractivity contribution in [3.05, 3.63) is 45.7 Å². The van der Waals surface area contributed by atoms with Crippen molar-refractivity contribution in [2.75, 3.05) is 19.7 Å². The first kappa shape index (κ1) is 21.7. The van der Waals surface area contributed by atoms with Crippen molar-refractivity contribution in [3.8, 4) is 5.75 Å². The molecule has 3 rings (SSSR count). The van der Waals surface area contributed by atoms with Crippen LogP contribution in [0.15, 0.2) is 24.3 Å². The Bertz CT molecular complexity index is 854. The van der Waals surface area contributed by atoms with Crippen LogP contribution in [0.1, 0.15) is 48.7 Å². The van der Waals surface area contributed by atoms with Crippen molar-refractivity contribution in [2.24, 2.45) is 5.92 Å². The summed E-state index contributed by atoms with van der Waals surface area (Å²) in [6, 6.07) is 6.35. The van der Waals surface area contributed by atoms with E-state index >= 15 is 0 Å². The highest BCUT2D eigenvalue weighted by atomic mass is 32.1. The Morgan fingerprint density at radius 2 is 2.10 bits per heavy atom.